The summed E-state index contributed by atoms with van der Waals surface area (Å²) in [4.78, 5) is 3.34. The molecule has 1 saturated heterocycles. The van der Waals surface area contributed by atoms with Crippen LogP contribution in [-0.2, 0) is 0 Å². The van der Waals surface area contributed by atoms with Crippen LogP contribution in [0.4, 0.5) is 4.39 Å². The Morgan fingerprint density at radius 2 is 1.95 bits per heavy atom. The van der Waals surface area contributed by atoms with Gasteiger partial charge < -0.3 is 5.32 Å². The van der Waals surface area contributed by atoms with E-state index in [2.05, 4.69) is 10.2 Å². The van der Waals surface area contributed by atoms with Crippen LogP contribution in [0.5, 0.6) is 0 Å². The van der Waals surface area contributed by atoms with Crippen molar-refractivity contribution in [3.05, 3.63) is 55.9 Å². The van der Waals surface area contributed by atoms with Crippen molar-refractivity contribution in [3.8, 4) is 0 Å². The van der Waals surface area contributed by atoms with Crippen LogP contribution in [0.15, 0.2) is 29.6 Å². The number of piperazine rings is 1. The molecule has 1 aromatic heterocycles. The maximum atomic E-state index is 14.4. The molecule has 0 saturated carbocycles. The van der Waals surface area contributed by atoms with Gasteiger partial charge in [-0.25, -0.2) is 4.39 Å². The largest absolute Gasteiger partial charge is 0.314 e. The topological polar surface area (TPSA) is 15.3 Å². The molecule has 1 aliphatic rings. The zero-order chi connectivity index (χ0) is 14.8. The van der Waals surface area contributed by atoms with Gasteiger partial charge in [-0.3, -0.25) is 4.90 Å². The molecule has 21 heavy (non-hydrogen) atoms. The first kappa shape index (κ1) is 15.3. The van der Waals surface area contributed by atoms with Gasteiger partial charge in [-0.15, -0.1) is 11.3 Å². The highest BCUT2D eigenvalue weighted by Crippen LogP contribution is 2.40. The molecule has 2 aromatic rings. The molecule has 3 rings (SSSR count). The Kier molecular flexibility index (Phi) is 4.82. The van der Waals surface area contributed by atoms with Crippen molar-refractivity contribution < 1.29 is 4.39 Å². The summed E-state index contributed by atoms with van der Waals surface area (Å²) in [5.41, 5.74) is 0.480. The van der Waals surface area contributed by atoms with E-state index in [-0.39, 0.29) is 11.9 Å². The third kappa shape index (κ3) is 3.10. The second kappa shape index (κ2) is 6.63. The minimum absolute atomic E-state index is 0.182. The highest BCUT2D eigenvalue weighted by Gasteiger charge is 2.29. The van der Waals surface area contributed by atoms with Crippen LogP contribution in [-0.4, -0.2) is 31.1 Å². The predicted molar refractivity (Wildman–Crippen MR) is 87.0 cm³/mol. The van der Waals surface area contributed by atoms with Crippen LogP contribution in [0.1, 0.15) is 16.5 Å². The van der Waals surface area contributed by atoms with Crippen LogP contribution >= 0.6 is 34.5 Å². The lowest BCUT2D eigenvalue weighted by Gasteiger charge is -2.35. The first-order chi connectivity index (χ1) is 10.2. The van der Waals surface area contributed by atoms with Gasteiger partial charge in [-0.2, -0.15) is 0 Å². The summed E-state index contributed by atoms with van der Waals surface area (Å²) in [6, 6.07) is 6.72. The third-order valence-corrected chi connectivity index (χ3v) is 5.43. The molecular weight excluding hydrogens is 330 g/mol. The van der Waals surface area contributed by atoms with Crippen molar-refractivity contribution in [3.63, 3.8) is 0 Å². The Bertz CT molecular complexity index is 612. The zero-order valence-electron chi connectivity index (χ0n) is 11.3. The molecule has 2 nitrogen and oxygen atoms in total. The minimum Gasteiger partial charge on any atom is -0.314 e. The molecule has 1 N–H and O–H groups in total. The summed E-state index contributed by atoms with van der Waals surface area (Å²) >= 11 is 14.0. The number of nitrogens with one attached hydrogen (secondary N) is 1. The van der Waals surface area contributed by atoms with Gasteiger partial charge in [0, 0.05) is 36.6 Å². The normalized spacial score (nSPS) is 17.9. The lowest BCUT2D eigenvalue weighted by Crippen LogP contribution is -2.45. The van der Waals surface area contributed by atoms with Crippen molar-refractivity contribution in [1.82, 2.24) is 10.2 Å². The second-order valence-corrected chi connectivity index (χ2v) is 6.73. The van der Waals surface area contributed by atoms with Gasteiger partial charge in [0.05, 0.1) is 16.1 Å². The number of hydrogen-bond donors (Lipinski definition) is 1. The van der Waals surface area contributed by atoms with Gasteiger partial charge in [0.1, 0.15) is 5.82 Å². The maximum absolute atomic E-state index is 14.4. The van der Waals surface area contributed by atoms with Crippen molar-refractivity contribution in [2.24, 2.45) is 0 Å². The third-order valence-electron chi connectivity index (χ3n) is 3.68. The van der Waals surface area contributed by atoms with Crippen molar-refractivity contribution in [2.75, 3.05) is 26.2 Å². The van der Waals surface area contributed by atoms with Gasteiger partial charge in [0.25, 0.3) is 0 Å². The molecule has 1 fully saturated rings. The van der Waals surface area contributed by atoms with E-state index in [4.69, 9.17) is 23.2 Å². The van der Waals surface area contributed by atoms with Crippen molar-refractivity contribution in [2.45, 2.75) is 6.04 Å². The highest BCUT2D eigenvalue weighted by atomic mass is 35.5. The van der Waals surface area contributed by atoms with Crippen LogP contribution in [0, 0.1) is 5.82 Å². The fourth-order valence-corrected chi connectivity index (χ4v) is 3.97. The SMILES string of the molecule is Fc1ccc(Cl)c(Cl)c1[C@H](c1cccs1)N1CCNCC1. The number of hydrogen-bond acceptors (Lipinski definition) is 3. The second-order valence-electron chi connectivity index (χ2n) is 4.96. The van der Waals surface area contributed by atoms with Gasteiger partial charge in [0.2, 0.25) is 0 Å². The van der Waals surface area contributed by atoms with E-state index < -0.39 is 0 Å². The van der Waals surface area contributed by atoms with Gasteiger partial charge >= 0.3 is 0 Å². The average Bonchev–Trinajstić information content (AvgIpc) is 3.02. The minimum atomic E-state index is -0.304. The summed E-state index contributed by atoms with van der Waals surface area (Å²) < 4.78 is 14.4. The van der Waals surface area contributed by atoms with E-state index in [1.807, 2.05) is 17.5 Å². The fourth-order valence-electron chi connectivity index (χ4n) is 2.69. The number of benzene rings is 1. The quantitative estimate of drug-likeness (QED) is 0.840. The monoisotopic (exact) mass is 344 g/mol. The molecular formula is C15H15Cl2FN2S. The van der Waals surface area contributed by atoms with Gasteiger partial charge in [-0.05, 0) is 23.6 Å². The fraction of sp³-hybridized carbons (Fsp3) is 0.333. The molecule has 0 amide bonds. The standard InChI is InChI=1S/C15H15Cl2FN2S/c16-10-3-4-11(18)13(14(10)17)15(12-2-1-9-21-12)20-7-5-19-6-8-20/h1-4,9,15,19H,5-8H2/t15-/m0/s1. The summed E-state index contributed by atoms with van der Waals surface area (Å²) in [6.45, 7) is 3.49. The van der Waals surface area contributed by atoms with Gasteiger partial charge in [0.15, 0.2) is 0 Å². The number of nitrogens with zero attached hydrogens (tertiary/aromatic N) is 1. The van der Waals surface area contributed by atoms with Crippen LogP contribution < -0.4 is 5.32 Å². The van der Waals surface area contributed by atoms with Crippen LogP contribution in [0.25, 0.3) is 0 Å². The van der Waals surface area contributed by atoms with Crippen LogP contribution in [0.2, 0.25) is 10.0 Å². The van der Waals surface area contributed by atoms with E-state index in [1.54, 1.807) is 11.3 Å². The molecule has 1 aliphatic heterocycles. The molecule has 0 unspecified atom stereocenters. The Balaban J connectivity index is 2.09. The van der Waals surface area contributed by atoms with Crippen molar-refractivity contribution >= 4 is 34.5 Å². The maximum Gasteiger partial charge on any atom is 0.129 e. The molecule has 6 heteroatoms. The summed E-state index contributed by atoms with van der Waals surface area (Å²) in [6.07, 6.45) is 0. The Morgan fingerprint density at radius 1 is 1.19 bits per heavy atom. The summed E-state index contributed by atoms with van der Waals surface area (Å²) in [7, 11) is 0. The average molecular weight is 345 g/mol. The van der Waals surface area contributed by atoms with E-state index in [0.717, 1.165) is 31.1 Å². The first-order valence-corrected chi connectivity index (χ1v) is 8.43. The Hall–Kier alpha value is -0.650. The molecule has 1 aromatic carbocycles. The van der Waals surface area contributed by atoms with E-state index >= 15 is 0 Å². The van der Waals surface area contributed by atoms with Gasteiger partial charge in [-0.1, -0.05) is 29.3 Å². The molecule has 0 aliphatic carbocycles. The zero-order valence-corrected chi connectivity index (χ0v) is 13.6. The number of thiophene rings is 1. The molecule has 2 heterocycles. The molecule has 1 atom stereocenters. The summed E-state index contributed by atoms with van der Waals surface area (Å²) in [5, 5.41) is 6.02. The van der Waals surface area contributed by atoms with E-state index in [0.29, 0.717) is 15.6 Å². The van der Waals surface area contributed by atoms with Crippen molar-refractivity contribution in [1.29, 1.82) is 0 Å². The molecule has 112 valence electrons. The number of halogens is 3. The molecule has 0 spiro atoms. The Morgan fingerprint density at radius 3 is 2.62 bits per heavy atom. The van der Waals surface area contributed by atoms with E-state index in [9.17, 15) is 4.39 Å². The van der Waals surface area contributed by atoms with Crippen LogP contribution in [0.3, 0.4) is 0 Å². The lowest BCUT2D eigenvalue weighted by atomic mass is 10.0. The Labute approximate surface area is 137 Å². The van der Waals surface area contributed by atoms with E-state index in [1.165, 1.54) is 12.1 Å². The lowest BCUT2D eigenvalue weighted by molar-refractivity contribution is 0.197. The molecule has 0 radical (unpaired) electrons. The molecule has 0 bridgehead atoms. The number of rotatable bonds is 3. The predicted octanol–water partition coefficient (Wildman–Crippen LogP) is 4.19. The smallest absolute Gasteiger partial charge is 0.129 e. The summed E-state index contributed by atoms with van der Waals surface area (Å²) in [5.74, 6) is -0.304. The first-order valence-electron chi connectivity index (χ1n) is 6.80. The highest BCUT2D eigenvalue weighted by molar-refractivity contribution is 7.10.